The molecule has 5 heteroatoms. The van der Waals surface area contributed by atoms with E-state index in [0.29, 0.717) is 11.8 Å². The quantitative estimate of drug-likeness (QED) is 0.676. The molecule has 0 rings (SSSR count). The van der Waals surface area contributed by atoms with Crippen LogP contribution >= 0.6 is 11.8 Å². The van der Waals surface area contributed by atoms with Crippen molar-refractivity contribution in [3.8, 4) is 0 Å². The van der Waals surface area contributed by atoms with Gasteiger partial charge in [0.05, 0.1) is 0 Å². The first-order valence-electron chi connectivity index (χ1n) is 3.34. The van der Waals surface area contributed by atoms with Crippen molar-refractivity contribution < 1.29 is 19.1 Å². The number of hydrogen-bond acceptors (Lipinski definition) is 3. The third-order valence-corrected chi connectivity index (χ3v) is 1.85. The first-order valence-corrected chi connectivity index (χ1v) is 4.15. The van der Waals surface area contributed by atoms with E-state index in [0.717, 1.165) is 0 Å². The molecule has 1 unspecified atom stereocenters. The number of carbonyl (C=O) groups is 2. The minimum atomic E-state index is -2.41. The Morgan fingerprint density at radius 2 is 1.83 bits per heavy atom. The van der Waals surface area contributed by atoms with Gasteiger partial charge < -0.3 is 5.11 Å². The van der Waals surface area contributed by atoms with Gasteiger partial charge in [-0.25, -0.2) is 9.18 Å². The number of carbonyl (C=O) groups excluding carboxylic acids is 1. The zero-order valence-electron chi connectivity index (χ0n) is 7.13. The Kier molecular flexibility index (Phi) is 3.70. The topological polar surface area (TPSA) is 54.4 Å². The van der Waals surface area contributed by atoms with Crippen LogP contribution in [-0.4, -0.2) is 27.1 Å². The van der Waals surface area contributed by atoms with Gasteiger partial charge in [-0.3, -0.25) is 4.79 Å². The number of hydrogen-bond donors (Lipinski definition) is 1. The number of alkyl halides is 1. The minimum Gasteiger partial charge on any atom is -0.479 e. The molecular formula is C7H11FO3S. The number of aliphatic carboxylic acids is 1. The second-order valence-electron chi connectivity index (χ2n) is 3.23. The van der Waals surface area contributed by atoms with Crippen molar-refractivity contribution in [1.82, 2.24) is 0 Å². The number of thioether (sulfide) groups is 1. The lowest BCUT2D eigenvalue weighted by atomic mass is 10.3. The maximum Gasteiger partial charge on any atom is 0.347 e. The lowest BCUT2D eigenvalue weighted by Crippen LogP contribution is -2.26. The van der Waals surface area contributed by atoms with Gasteiger partial charge in [-0.2, -0.15) is 0 Å². The van der Waals surface area contributed by atoms with Crippen molar-refractivity contribution in [3.63, 3.8) is 0 Å². The van der Waals surface area contributed by atoms with Gasteiger partial charge in [0, 0.05) is 4.75 Å². The van der Waals surface area contributed by atoms with Crippen LogP contribution in [0.25, 0.3) is 0 Å². The summed E-state index contributed by atoms with van der Waals surface area (Å²) < 4.78 is 12.0. The van der Waals surface area contributed by atoms with Crippen LogP contribution in [-0.2, 0) is 9.59 Å². The zero-order valence-corrected chi connectivity index (χ0v) is 7.94. The fourth-order valence-corrected chi connectivity index (χ4v) is 1.26. The first kappa shape index (κ1) is 11.4. The highest BCUT2D eigenvalue weighted by Crippen LogP contribution is 2.25. The Morgan fingerprint density at radius 3 is 2.08 bits per heavy atom. The standard InChI is InChI=1S/C7H11FO3S/c1-7(2,3)12-6(11)4(8)5(9)10/h4H,1-3H3,(H,9,10). The average Bonchev–Trinajstić information content (AvgIpc) is 1.82. The molecule has 1 N–H and O–H groups in total. The lowest BCUT2D eigenvalue weighted by molar-refractivity contribution is -0.145. The molecule has 0 aliphatic carbocycles. The largest absolute Gasteiger partial charge is 0.479 e. The van der Waals surface area contributed by atoms with Crippen molar-refractivity contribution in [2.45, 2.75) is 31.7 Å². The summed E-state index contributed by atoms with van der Waals surface area (Å²) in [7, 11) is 0. The second kappa shape index (κ2) is 3.89. The van der Waals surface area contributed by atoms with Crippen LogP contribution in [0.4, 0.5) is 4.39 Å². The van der Waals surface area contributed by atoms with Crippen molar-refractivity contribution >= 4 is 22.8 Å². The Balaban J connectivity index is 4.15. The summed E-state index contributed by atoms with van der Waals surface area (Å²) in [5.41, 5.74) is 0. The summed E-state index contributed by atoms with van der Waals surface area (Å²) in [6.07, 6.45) is -2.41. The van der Waals surface area contributed by atoms with Gasteiger partial charge >= 0.3 is 5.97 Å². The predicted octanol–water partition coefficient (Wildman–Crippen LogP) is 1.47. The minimum absolute atomic E-state index is 0.448. The van der Waals surface area contributed by atoms with E-state index >= 15 is 0 Å². The fourth-order valence-electron chi connectivity index (χ4n) is 0.454. The fraction of sp³-hybridized carbons (Fsp3) is 0.714. The van der Waals surface area contributed by atoms with E-state index in [1.165, 1.54) is 0 Å². The van der Waals surface area contributed by atoms with Crippen molar-refractivity contribution in [2.75, 3.05) is 0 Å². The Labute approximate surface area is 74.3 Å². The van der Waals surface area contributed by atoms with Crippen LogP contribution in [0.2, 0.25) is 0 Å². The molecule has 0 heterocycles. The molecule has 0 radical (unpaired) electrons. The molecule has 12 heavy (non-hydrogen) atoms. The van der Waals surface area contributed by atoms with Gasteiger partial charge in [0.1, 0.15) is 0 Å². The molecule has 1 atom stereocenters. The van der Waals surface area contributed by atoms with Crippen LogP contribution in [0.3, 0.4) is 0 Å². The van der Waals surface area contributed by atoms with Crippen LogP contribution in [0.15, 0.2) is 0 Å². The monoisotopic (exact) mass is 194 g/mol. The molecular weight excluding hydrogens is 183 g/mol. The maximum absolute atomic E-state index is 12.5. The molecule has 0 bridgehead atoms. The van der Waals surface area contributed by atoms with Crippen LogP contribution in [0.5, 0.6) is 0 Å². The number of halogens is 1. The number of rotatable bonds is 2. The van der Waals surface area contributed by atoms with Gasteiger partial charge in [0.15, 0.2) is 0 Å². The molecule has 0 aliphatic heterocycles. The molecule has 0 aromatic heterocycles. The SMILES string of the molecule is CC(C)(C)SC(=O)C(F)C(=O)O. The summed E-state index contributed by atoms with van der Waals surface area (Å²) in [5.74, 6) is -1.73. The smallest absolute Gasteiger partial charge is 0.347 e. The number of carboxylic acids is 1. The Bertz CT molecular complexity index is 197. The van der Waals surface area contributed by atoms with Gasteiger partial charge in [0.2, 0.25) is 5.12 Å². The van der Waals surface area contributed by atoms with E-state index in [2.05, 4.69) is 0 Å². The highest BCUT2D eigenvalue weighted by Gasteiger charge is 2.29. The molecule has 0 amide bonds. The maximum atomic E-state index is 12.5. The van der Waals surface area contributed by atoms with E-state index in [-0.39, 0.29) is 0 Å². The van der Waals surface area contributed by atoms with Gasteiger partial charge in [-0.1, -0.05) is 32.5 Å². The van der Waals surface area contributed by atoms with E-state index in [1.54, 1.807) is 20.8 Å². The van der Waals surface area contributed by atoms with Crippen LogP contribution < -0.4 is 0 Å². The average molecular weight is 194 g/mol. The Hall–Kier alpha value is -0.580. The number of carboxylic acid groups (broad SMARTS) is 1. The van der Waals surface area contributed by atoms with Gasteiger partial charge in [-0.05, 0) is 0 Å². The second-order valence-corrected chi connectivity index (χ2v) is 5.07. The molecule has 0 saturated carbocycles. The highest BCUT2D eigenvalue weighted by atomic mass is 32.2. The van der Waals surface area contributed by atoms with Gasteiger partial charge in [0.25, 0.3) is 6.17 Å². The third-order valence-electron chi connectivity index (χ3n) is 0.831. The summed E-state index contributed by atoms with van der Waals surface area (Å²) in [4.78, 5) is 20.8. The summed E-state index contributed by atoms with van der Waals surface area (Å²) in [6, 6.07) is 0. The lowest BCUT2D eigenvalue weighted by Gasteiger charge is -2.15. The molecule has 0 aromatic carbocycles. The normalized spacial score (nSPS) is 14.0. The molecule has 0 aliphatic rings. The highest BCUT2D eigenvalue weighted by molar-refractivity contribution is 8.14. The predicted molar refractivity (Wildman–Crippen MR) is 44.9 cm³/mol. The van der Waals surface area contributed by atoms with Crippen molar-refractivity contribution in [3.05, 3.63) is 0 Å². The van der Waals surface area contributed by atoms with Gasteiger partial charge in [-0.15, -0.1) is 0 Å². The summed E-state index contributed by atoms with van der Waals surface area (Å²) in [6.45, 7) is 5.14. The molecule has 3 nitrogen and oxygen atoms in total. The molecule has 0 aromatic rings. The van der Waals surface area contributed by atoms with Crippen molar-refractivity contribution in [1.29, 1.82) is 0 Å². The molecule has 70 valence electrons. The van der Waals surface area contributed by atoms with E-state index < -0.39 is 22.0 Å². The van der Waals surface area contributed by atoms with Crippen molar-refractivity contribution in [2.24, 2.45) is 0 Å². The molecule has 0 spiro atoms. The van der Waals surface area contributed by atoms with Crippen LogP contribution in [0.1, 0.15) is 20.8 Å². The third kappa shape index (κ3) is 4.33. The van der Waals surface area contributed by atoms with E-state index in [9.17, 15) is 14.0 Å². The van der Waals surface area contributed by atoms with Crippen LogP contribution in [0, 0.1) is 0 Å². The molecule has 0 saturated heterocycles. The van der Waals surface area contributed by atoms with E-state index in [4.69, 9.17) is 5.11 Å². The summed E-state index contributed by atoms with van der Waals surface area (Å²) in [5, 5.41) is 7.19. The Morgan fingerprint density at radius 1 is 1.42 bits per heavy atom. The summed E-state index contributed by atoms with van der Waals surface area (Å²) >= 11 is 0.698. The van der Waals surface area contributed by atoms with E-state index in [1.807, 2.05) is 0 Å². The molecule has 0 fully saturated rings. The first-order chi connectivity index (χ1) is 5.24. The zero-order chi connectivity index (χ0) is 9.94.